The summed E-state index contributed by atoms with van der Waals surface area (Å²) >= 11 is 1.23. The van der Waals surface area contributed by atoms with E-state index < -0.39 is 12.4 Å². The number of aromatic nitrogens is 3. The number of allylic oxidation sites excluding steroid dienone is 2. The van der Waals surface area contributed by atoms with Crippen molar-refractivity contribution in [2.75, 3.05) is 17.8 Å². The molecule has 4 aromatic rings. The van der Waals surface area contributed by atoms with Crippen LogP contribution in [0.5, 0.6) is 11.5 Å². The second-order valence-corrected chi connectivity index (χ2v) is 12.3. The van der Waals surface area contributed by atoms with E-state index in [0.29, 0.717) is 34.5 Å². The summed E-state index contributed by atoms with van der Waals surface area (Å²) < 4.78 is 48.2. The van der Waals surface area contributed by atoms with E-state index in [9.17, 15) is 22.8 Å². The molecule has 3 aromatic carbocycles. The Labute approximate surface area is 278 Å². The van der Waals surface area contributed by atoms with Crippen molar-refractivity contribution in [2.45, 2.75) is 45.4 Å². The third-order valence-electron chi connectivity index (χ3n) is 7.85. The number of amidine groups is 1. The number of benzene rings is 3. The minimum absolute atomic E-state index is 0.107. The molecule has 0 saturated carbocycles. The van der Waals surface area contributed by atoms with Crippen LogP contribution in [0.15, 0.2) is 83.7 Å². The van der Waals surface area contributed by atoms with Crippen molar-refractivity contribution in [1.82, 2.24) is 20.1 Å². The fourth-order valence-corrected chi connectivity index (χ4v) is 6.45. The molecule has 0 unspecified atom stereocenters. The van der Waals surface area contributed by atoms with Crippen LogP contribution >= 0.6 is 11.8 Å². The molecule has 1 saturated heterocycles. The minimum Gasteiger partial charge on any atom is -0.497 e. The van der Waals surface area contributed by atoms with Crippen LogP contribution in [-0.4, -0.2) is 51.1 Å². The lowest BCUT2D eigenvalue weighted by atomic mass is 10.00. The van der Waals surface area contributed by atoms with Gasteiger partial charge in [-0.2, -0.15) is 4.99 Å². The first-order valence-electron chi connectivity index (χ1n) is 15.1. The van der Waals surface area contributed by atoms with E-state index >= 15 is 0 Å². The Balaban J connectivity index is 1.17. The number of nitrogens with zero attached hydrogens (tertiary/aromatic N) is 5. The highest BCUT2D eigenvalue weighted by Gasteiger charge is 2.33. The van der Waals surface area contributed by atoms with Crippen molar-refractivity contribution in [1.29, 1.82) is 0 Å². The van der Waals surface area contributed by atoms with Crippen LogP contribution in [0.2, 0.25) is 0 Å². The van der Waals surface area contributed by atoms with Gasteiger partial charge in [-0.3, -0.25) is 9.69 Å². The predicted molar refractivity (Wildman–Crippen MR) is 177 cm³/mol. The van der Waals surface area contributed by atoms with Gasteiger partial charge in [0.1, 0.15) is 17.8 Å². The van der Waals surface area contributed by atoms with Crippen LogP contribution in [0.1, 0.15) is 50.2 Å². The zero-order valence-corrected chi connectivity index (χ0v) is 27.1. The normalized spacial score (nSPS) is 15.9. The van der Waals surface area contributed by atoms with Crippen molar-refractivity contribution in [3.05, 3.63) is 89.9 Å². The van der Waals surface area contributed by atoms with Gasteiger partial charge in [-0.15, -0.1) is 18.3 Å². The number of aliphatic imine (C=N–C) groups is 1. The molecular formula is C34H31F3N6O4S. The summed E-state index contributed by atoms with van der Waals surface area (Å²) in [6.07, 6.45) is -0.969. The molecule has 3 amide bonds. The van der Waals surface area contributed by atoms with Crippen LogP contribution in [0.4, 0.5) is 23.7 Å². The second-order valence-electron chi connectivity index (χ2n) is 11.4. The average molecular weight is 677 g/mol. The van der Waals surface area contributed by atoms with Crippen molar-refractivity contribution >= 4 is 40.1 Å². The molecule has 6 rings (SSSR count). The maximum absolute atomic E-state index is 13.2. The Morgan fingerprint density at radius 3 is 2.40 bits per heavy atom. The van der Waals surface area contributed by atoms with Crippen LogP contribution in [0, 0.1) is 0 Å². The topological polar surface area (TPSA) is 111 Å². The van der Waals surface area contributed by atoms with Gasteiger partial charge in [0.15, 0.2) is 11.0 Å². The largest absolute Gasteiger partial charge is 0.573 e. The van der Waals surface area contributed by atoms with Gasteiger partial charge in [-0.05, 0) is 84.3 Å². The molecule has 2 aliphatic rings. The number of methoxy groups -OCH3 is 1. The first-order valence-corrected chi connectivity index (χ1v) is 16.1. The third kappa shape index (κ3) is 7.23. The number of urea groups is 1. The molecule has 0 radical (unpaired) electrons. The van der Waals surface area contributed by atoms with E-state index in [0.717, 1.165) is 40.8 Å². The van der Waals surface area contributed by atoms with Crippen molar-refractivity contribution in [3.8, 4) is 28.6 Å². The van der Waals surface area contributed by atoms with Crippen molar-refractivity contribution in [2.24, 2.45) is 4.99 Å². The molecule has 1 N–H and O–H groups in total. The first kappa shape index (κ1) is 32.8. The molecule has 10 nitrogen and oxygen atoms in total. The quantitative estimate of drug-likeness (QED) is 0.204. The highest BCUT2D eigenvalue weighted by atomic mass is 32.2. The van der Waals surface area contributed by atoms with Gasteiger partial charge in [-0.25, -0.2) is 14.5 Å². The monoisotopic (exact) mass is 676 g/mol. The molecular weight excluding hydrogens is 645 g/mol. The molecule has 1 fully saturated rings. The van der Waals surface area contributed by atoms with Crippen LogP contribution < -0.4 is 19.7 Å². The Morgan fingerprint density at radius 2 is 1.71 bits per heavy atom. The van der Waals surface area contributed by atoms with Crippen LogP contribution in [0.3, 0.4) is 0 Å². The first-order chi connectivity index (χ1) is 23.0. The SMILES string of the molecule is COc1ccc(N2C(=O)CSC2=NC(=O)NC2=C(c3ccc(-c4ncn(-c5ccc(OC(F)(F)F)cc5)n4)cc3)CCC2)c(C(C)C)c1. The van der Waals surface area contributed by atoms with E-state index in [4.69, 9.17) is 4.74 Å². The van der Waals surface area contributed by atoms with Gasteiger partial charge in [0.2, 0.25) is 5.91 Å². The smallest absolute Gasteiger partial charge is 0.497 e. The number of rotatable bonds is 8. The van der Waals surface area contributed by atoms with Gasteiger partial charge >= 0.3 is 12.4 Å². The second kappa shape index (κ2) is 13.6. The summed E-state index contributed by atoms with van der Waals surface area (Å²) in [5.74, 6) is 0.945. The molecule has 2 heterocycles. The van der Waals surface area contributed by atoms with E-state index in [-0.39, 0.29) is 23.3 Å². The number of hydrogen-bond donors (Lipinski definition) is 1. The lowest BCUT2D eigenvalue weighted by molar-refractivity contribution is -0.274. The zero-order chi connectivity index (χ0) is 34.0. The molecule has 0 spiro atoms. The minimum atomic E-state index is -4.77. The molecule has 14 heteroatoms. The number of carbonyl (C=O) groups is 2. The van der Waals surface area contributed by atoms with Crippen LogP contribution in [0.25, 0.3) is 22.6 Å². The van der Waals surface area contributed by atoms with Gasteiger partial charge in [-0.1, -0.05) is 49.9 Å². The summed E-state index contributed by atoms with van der Waals surface area (Å²) in [5.41, 5.74) is 5.58. The number of alkyl halides is 3. The Hall–Kier alpha value is -5.11. The number of amides is 3. The van der Waals surface area contributed by atoms with Crippen molar-refractivity contribution in [3.63, 3.8) is 0 Å². The summed E-state index contributed by atoms with van der Waals surface area (Å²) in [7, 11) is 1.59. The number of halogens is 3. The van der Waals surface area contributed by atoms with Gasteiger partial charge in [0.05, 0.1) is 24.2 Å². The lowest BCUT2D eigenvalue weighted by Gasteiger charge is -2.22. The van der Waals surface area contributed by atoms with E-state index in [1.807, 2.05) is 50.2 Å². The maximum atomic E-state index is 13.2. The molecule has 0 bridgehead atoms. The number of thioether (sulfide) groups is 1. The average Bonchev–Trinajstić information content (AvgIpc) is 3.81. The Morgan fingerprint density at radius 1 is 1.00 bits per heavy atom. The standard InChI is InChI=1S/C34H31F3N6O4S/c1-20(2)27-17-25(46-3)15-16-29(27)43-30(44)18-48-33(43)40-32(45)39-28-6-4-5-26(28)21-7-9-22(10-8-21)31-38-19-42(41-31)23-11-13-24(14-12-23)47-34(35,36)37/h7-17,19-20H,4-6,18H2,1-3H3,(H,39,45). The number of ether oxygens (including phenoxy) is 2. The Kier molecular flexibility index (Phi) is 9.27. The summed E-state index contributed by atoms with van der Waals surface area (Å²) in [6, 6.07) is 17.9. The number of anilines is 1. The zero-order valence-electron chi connectivity index (χ0n) is 26.2. The molecule has 1 aromatic heterocycles. The molecule has 248 valence electrons. The van der Waals surface area contributed by atoms with Crippen LogP contribution in [-0.2, 0) is 4.79 Å². The maximum Gasteiger partial charge on any atom is 0.573 e. The fraction of sp³-hybridized carbons (Fsp3) is 0.265. The van der Waals surface area contributed by atoms with E-state index in [2.05, 4.69) is 25.1 Å². The summed E-state index contributed by atoms with van der Waals surface area (Å²) in [6.45, 7) is 4.06. The fourth-order valence-electron chi connectivity index (χ4n) is 5.59. The van der Waals surface area contributed by atoms with E-state index in [1.54, 1.807) is 13.2 Å². The highest BCUT2D eigenvalue weighted by Crippen LogP contribution is 2.37. The van der Waals surface area contributed by atoms with Gasteiger partial charge in [0.25, 0.3) is 0 Å². The molecule has 1 aliphatic heterocycles. The highest BCUT2D eigenvalue weighted by molar-refractivity contribution is 8.15. The third-order valence-corrected chi connectivity index (χ3v) is 8.78. The van der Waals surface area contributed by atoms with Crippen molar-refractivity contribution < 1.29 is 32.2 Å². The summed E-state index contributed by atoms with van der Waals surface area (Å²) in [5, 5.41) is 7.75. The van der Waals surface area contributed by atoms with E-state index in [1.165, 1.54) is 51.9 Å². The molecule has 1 aliphatic carbocycles. The van der Waals surface area contributed by atoms with Gasteiger partial charge in [0, 0.05) is 11.3 Å². The Bertz CT molecular complexity index is 1900. The summed E-state index contributed by atoms with van der Waals surface area (Å²) in [4.78, 5) is 36.3. The lowest BCUT2D eigenvalue weighted by Crippen LogP contribution is -2.32. The number of nitrogens with one attached hydrogen (secondary N) is 1. The number of hydrogen-bond acceptors (Lipinski definition) is 7. The number of carbonyl (C=O) groups excluding carboxylic acids is 2. The van der Waals surface area contributed by atoms with Gasteiger partial charge < -0.3 is 14.8 Å². The molecule has 0 atom stereocenters. The predicted octanol–water partition coefficient (Wildman–Crippen LogP) is 7.71. The molecule has 48 heavy (non-hydrogen) atoms.